The summed E-state index contributed by atoms with van der Waals surface area (Å²) in [5.74, 6) is 1.17. The predicted octanol–water partition coefficient (Wildman–Crippen LogP) is 2.33. The Bertz CT molecular complexity index is 871. The maximum Gasteiger partial charge on any atom is 0.290 e. The highest BCUT2D eigenvalue weighted by molar-refractivity contribution is 5.74. The van der Waals surface area contributed by atoms with Crippen molar-refractivity contribution in [2.24, 2.45) is 21.1 Å². The van der Waals surface area contributed by atoms with Gasteiger partial charge in [0, 0.05) is 12.1 Å². The Hall–Kier alpha value is -2.49. The largest absolute Gasteiger partial charge is 0.290 e. The smallest absolute Gasteiger partial charge is 0.257 e. The molecule has 0 aliphatic heterocycles. The quantitative estimate of drug-likeness (QED) is 0.667. The fourth-order valence-electron chi connectivity index (χ4n) is 3.46. The zero-order valence-electron chi connectivity index (χ0n) is 14.8. The van der Waals surface area contributed by atoms with Crippen LogP contribution in [0.25, 0.3) is 22.6 Å². The maximum atomic E-state index is 4.85. The Labute approximate surface area is 137 Å². The number of hydrogen-bond acceptors (Lipinski definition) is 1. The van der Waals surface area contributed by atoms with E-state index in [-0.39, 0.29) is 0 Å². The molecule has 0 saturated heterocycles. The van der Waals surface area contributed by atoms with Gasteiger partial charge in [0.05, 0.1) is 36.6 Å². The van der Waals surface area contributed by atoms with Gasteiger partial charge in [-0.25, -0.2) is 13.7 Å². The monoisotopic (exact) mass is 308 g/mol. The van der Waals surface area contributed by atoms with E-state index in [1.54, 1.807) is 0 Å². The first kappa shape index (κ1) is 15.4. The molecule has 3 heterocycles. The normalized spacial score (nSPS) is 11.0. The molecule has 0 aromatic carbocycles. The molecule has 0 fully saturated rings. The third-order valence-electron chi connectivity index (χ3n) is 4.53. The van der Waals surface area contributed by atoms with Gasteiger partial charge in [0.1, 0.15) is 19.4 Å². The lowest BCUT2D eigenvalue weighted by molar-refractivity contribution is -0.660. The first-order valence-corrected chi connectivity index (χ1v) is 7.86. The zero-order valence-corrected chi connectivity index (χ0v) is 14.8. The number of pyridine rings is 2. The second-order valence-electron chi connectivity index (χ2n) is 6.20. The molecule has 0 aliphatic carbocycles. The van der Waals surface area contributed by atoms with Crippen LogP contribution >= 0.6 is 0 Å². The predicted molar refractivity (Wildman–Crippen MR) is 90.6 cm³/mol. The topological polar surface area (TPSA) is 25.6 Å². The van der Waals surface area contributed by atoms with Crippen LogP contribution in [-0.4, -0.2) is 9.55 Å². The van der Waals surface area contributed by atoms with Crippen LogP contribution in [0.2, 0.25) is 0 Å². The molecule has 0 spiro atoms. The number of aryl methyl sites for hydroxylation is 5. The Morgan fingerprint density at radius 3 is 2.22 bits per heavy atom. The average Bonchev–Trinajstić information content (AvgIpc) is 2.81. The summed E-state index contributed by atoms with van der Waals surface area (Å²) in [5, 5.41) is 0. The van der Waals surface area contributed by atoms with Gasteiger partial charge in [-0.05, 0) is 32.4 Å². The lowest BCUT2D eigenvalue weighted by atomic mass is 9.96. The third-order valence-corrected chi connectivity index (χ3v) is 4.53. The van der Waals surface area contributed by atoms with Crippen LogP contribution in [0.5, 0.6) is 0 Å². The van der Waals surface area contributed by atoms with Gasteiger partial charge in [-0.3, -0.25) is 4.98 Å². The van der Waals surface area contributed by atoms with Crippen LogP contribution in [0.15, 0.2) is 36.8 Å². The maximum absolute atomic E-state index is 4.85. The second-order valence-corrected chi connectivity index (χ2v) is 6.20. The van der Waals surface area contributed by atoms with Gasteiger partial charge in [0.15, 0.2) is 6.20 Å². The number of imidazole rings is 1. The summed E-state index contributed by atoms with van der Waals surface area (Å²) in [6, 6.07) is 6.28. The van der Waals surface area contributed by atoms with Gasteiger partial charge in [0.2, 0.25) is 5.69 Å². The van der Waals surface area contributed by atoms with Crippen LogP contribution in [0.4, 0.5) is 0 Å². The lowest BCUT2D eigenvalue weighted by Gasteiger charge is -2.13. The summed E-state index contributed by atoms with van der Waals surface area (Å²) in [5.41, 5.74) is 7.03. The van der Waals surface area contributed by atoms with E-state index in [4.69, 9.17) is 4.98 Å². The van der Waals surface area contributed by atoms with Crippen molar-refractivity contribution in [3.63, 3.8) is 0 Å². The minimum absolute atomic E-state index is 1.07. The van der Waals surface area contributed by atoms with Crippen LogP contribution in [0.3, 0.4) is 0 Å². The van der Waals surface area contributed by atoms with Gasteiger partial charge in [-0.1, -0.05) is 0 Å². The molecule has 4 heteroatoms. The molecule has 0 amide bonds. The fourth-order valence-corrected chi connectivity index (χ4v) is 3.46. The molecule has 0 atom stereocenters. The van der Waals surface area contributed by atoms with E-state index in [1.165, 1.54) is 28.2 Å². The SMILES string of the molecule is Cc1nc(C)c(-c2n(C)cc[n+]2C)c(C)c1-c1cccc[n+]1C. The summed E-state index contributed by atoms with van der Waals surface area (Å²) in [7, 11) is 6.24. The van der Waals surface area contributed by atoms with Crippen molar-refractivity contribution >= 4 is 0 Å². The molecule has 4 nitrogen and oxygen atoms in total. The zero-order chi connectivity index (χ0) is 16.7. The highest BCUT2D eigenvalue weighted by Crippen LogP contribution is 2.32. The molecule has 3 aromatic heterocycles. The molecule has 0 saturated carbocycles. The fraction of sp³-hybridized carbons (Fsp3) is 0.316. The number of rotatable bonds is 2. The van der Waals surface area contributed by atoms with Crippen molar-refractivity contribution in [3.8, 4) is 22.6 Å². The summed E-state index contributed by atoms with van der Waals surface area (Å²) in [6.45, 7) is 6.39. The van der Waals surface area contributed by atoms with Crippen molar-refractivity contribution in [1.82, 2.24) is 9.55 Å². The Morgan fingerprint density at radius 2 is 1.61 bits per heavy atom. The van der Waals surface area contributed by atoms with Crippen molar-refractivity contribution in [2.75, 3.05) is 0 Å². The van der Waals surface area contributed by atoms with Crippen molar-refractivity contribution < 1.29 is 9.13 Å². The molecule has 3 aromatic rings. The summed E-state index contributed by atoms with van der Waals surface area (Å²) in [4.78, 5) is 4.85. The average molecular weight is 308 g/mol. The van der Waals surface area contributed by atoms with E-state index in [9.17, 15) is 0 Å². The molecule has 0 unspecified atom stereocenters. The van der Waals surface area contributed by atoms with E-state index in [0.717, 1.165) is 11.4 Å². The third kappa shape index (κ3) is 2.44. The minimum atomic E-state index is 1.07. The second kappa shape index (κ2) is 5.61. The molecular weight excluding hydrogens is 284 g/mol. The highest BCUT2D eigenvalue weighted by Gasteiger charge is 2.26. The molecule has 0 radical (unpaired) electrons. The van der Waals surface area contributed by atoms with E-state index in [0.29, 0.717) is 0 Å². The summed E-state index contributed by atoms with van der Waals surface area (Å²) in [6.07, 6.45) is 6.24. The first-order chi connectivity index (χ1) is 10.9. The van der Waals surface area contributed by atoms with Gasteiger partial charge >= 0.3 is 0 Å². The van der Waals surface area contributed by atoms with Crippen LogP contribution < -0.4 is 9.13 Å². The Kier molecular flexibility index (Phi) is 3.76. The minimum Gasteiger partial charge on any atom is -0.257 e. The van der Waals surface area contributed by atoms with E-state index in [1.807, 2.05) is 6.07 Å². The Morgan fingerprint density at radius 1 is 0.913 bits per heavy atom. The van der Waals surface area contributed by atoms with Crippen molar-refractivity contribution in [3.05, 3.63) is 53.7 Å². The summed E-state index contributed by atoms with van der Waals surface area (Å²) >= 11 is 0. The van der Waals surface area contributed by atoms with Crippen LogP contribution in [0.1, 0.15) is 17.0 Å². The van der Waals surface area contributed by atoms with Gasteiger partial charge in [-0.2, -0.15) is 0 Å². The van der Waals surface area contributed by atoms with E-state index < -0.39 is 0 Å². The van der Waals surface area contributed by atoms with Crippen LogP contribution in [-0.2, 0) is 21.1 Å². The van der Waals surface area contributed by atoms with Gasteiger partial charge in [-0.15, -0.1) is 0 Å². The van der Waals surface area contributed by atoms with Crippen LogP contribution in [0, 0.1) is 20.8 Å². The van der Waals surface area contributed by atoms with E-state index >= 15 is 0 Å². The molecule has 23 heavy (non-hydrogen) atoms. The number of aromatic nitrogens is 4. The molecule has 3 rings (SSSR count). The number of nitrogens with zero attached hydrogens (tertiary/aromatic N) is 4. The first-order valence-electron chi connectivity index (χ1n) is 7.86. The molecule has 0 N–H and O–H groups in total. The molecular formula is C19H24N4+2. The van der Waals surface area contributed by atoms with Gasteiger partial charge < -0.3 is 0 Å². The summed E-state index contributed by atoms with van der Waals surface area (Å²) < 4.78 is 6.46. The van der Waals surface area contributed by atoms with Crippen molar-refractivity contribution in [2.45, 2.75) is 20.8 Å². The Balaban J connectivity index is 2.37. The molecule has 0 bridgehead atoms. The highest BCUT2D eigenvalue weighted by atomic mass is 15.1. The molecule has 118 valence electrons. The molecule has 0 aliphatic rings. The standard InChI is InChI=1S/C19H24N4/c1-13-17(16-9-7-8-10-21(16)4)14(2)20-15(3)18(13)19-22(5)11-12-23(19)6/h7-12H,1-6H3/q+2. The number of hydrogen-bond donors (Lipinski definition) is 0. The van der Waals surface area contributed by atoms with Crippen molar-refractivity contribution in [1.29, 1.82) is 0 Å². The van der Waals surface area contributed by atoms with Gasteiger partial charge in [0.25, 0.3) is 5.82 Å². The lowest BCUT2D eigenvalue weighted by Crippen LogP contribution is -2.31. The van der Waals surface area contributed by atoms with E-state index in [2.05, 4.69) is 86.3 Å².